The Morgan fingerprint density at radius 1 is 1.14 bits per heavy atom. The predicted octanol–water partition coefficient (Wildman–Crippen LogP) is 1.81. The van der Waals surface area contributed by atoms with Gasteiger partial charge < -0.3 is 15.6 Å². The van der Waals surface area contributed by atoms with E-state index in [1.807, 2.05) is 0 Å². The summed E-state index contributed by atoms with van der Waals surface area (Å²) in [6.45, 7) is 0. The Hall–Kier alpha value is -3.37. The molecule has 1 saturated carbocycles. The molecule has 1 aromatic rings. The van der Waals surface area contributed by atoms with Gasteiger partial charge in [0.25, 0.3) is 11.8 Å². The van der Waals surface area contributed by atoms with Crippen LogP contribution in [0, 0.1) is 23.7 Å². The van der Waals surface area contributed by atoms with Gasteiger partial charge in [0, 0.05) is 24.9 Å². The molecule has 12 heteroatoms. The maximum Gasteiger partial charge on any atom is 0.328 e. The average Bonchev–Trinajstić information content (AvgIpc) is 3.18. The molecule has 0 unspecified atom stereocenters. The number of hydrogen-bond acceptors (Lipinski definition) is 7. The van der Waals surface area contributed by atoms with Gasteiger partial charge in [-0.3, -0.25) is 24.1 Å². The molecular formula is C25H21Cl2N3O7. The second kappa shape index (κ2) is 7.58. The molecule has 3 aliphatic heterocycles. The van der Waals surface area contributed by atoms with Crippen LogP contribution in [-0.2, 0) is 25.6 Å². The molecule has 0 aromatic heterocycles. The van der Waals surface area contributed by atoms with Crippen LogP contribution in [0.4, 0.5) is 4.79 Å². The summed E-state index contributed by atoms with van der Waals surface area (Å²) in [4.78, 5) is 62.5. The molecule has 0 spiro atoms. The van der Waals surface area contributed by atoms with E-state index in [0.717, 1.165) is 4.90 Å². The van der Waals surface area contributed by atoms with Crippen molar-refractivity contribution in [2.45, 2.75) is 29.0 Å². The van der Waals surface area contributed by atoms with Gasteiger partial charge in [-0.25, -0.2) is 4.79 Å². The molecule has 3 heterocycles. The Bertz CT molecular complexity index is 1410. The number of imide groups is 4. The number of hydrogen-bond donors (Lipinski definition) is 2. The fourth-order valence-corrected chi connectivity index (χ4v) is 7.81. The highest BCUT2D eigenvalue weighted by Crippen LogP contribution is 2.64. The minimum Gasteiger partial charge on any atom is -0.508 e. The molecule has 2 saturated heterocycles. The van der Waals surface area contributed by atoms with E-state index in [-0.39, 0.29) is 25.0 Å². The second-order valence-electron chi connectivity index (χ2n) is 10.1. The molecule has 37 heavy (non-hydrogen) atoms. The molecule has 10 nitrogen and oxygen atoms in total. The smallest absolute Gasteiger partial charge is 0.328 e. The maximum absolute atomic E-state index is 13.6. The Morgan fingerprint density at radius 2 is 1.86 bits per heavy atom. The Kier molecular flexibility index (Phi) is 4.91. The molecule has 3 fully saturated rings. The number of nitrogens with zero attached hydrogens (tertiary/aromatic N) is 2. The van der Waals surface area contributed by atoms with Crippen LogP contribution >= 0.6 is 23.2 Å². The topological polar surface area (TPSA) is 147 Å². The van der Waals surface area contributed by atoms with Crippen LogP contribution < -0.4 is 10.5 Å². The lowest BCUT2D eigenvalue weighted by atomic mass is 9.56. The van der Waals surface area contributed by atoms with E-state index in [9.17, 15) is 29.1 Å². The number of fused-ring (bicyclic) bond motifs is 5. The number of alkyl halides is 2. The van der Waals surface area contributed by atoms with Crippen LogP contribution in [0.25, 0.3) is 0 Å². The Balaban J connectivity index is 1.52. The van der Waals surface area contributed by atoms with E-state index in [2.05, 4.69) is 0 Å². The van der Waals surface area contributed by atoms with E-state index in [1.165, 1.54) is 25.4 Å². The van der Waals surface area contributed by atoms with Crippen LogP contribution in [0.1, 0.15) is 18.4 Å². The summed E-state index contributed by atoms with van der Waals surface area (Å²) < 4.78 is 5.81. The summed E-state index contributed by atoms with van der Waals surface area (Å²) in [6, 6.07) is 3.44. The van der Waals surface area contributed by atoms with E-state index in [0.29, 0.717) is 27.4 Å². The number of benzene rings is 1. The normalized spacial score (nSPS) is 36.3. The number of likely N-dealkylation sites (tertiary alicyclic amines) is 2. The number of rotatable bonds is 1. The lowest BCUT2D eigenvalue weighted by Crippen LogP contribution is -2.61. The monoisotopic (exact) mass is 545 g/mol. The van der Waals surface area contributed by atoms with Gasteiger partial charge in [-0.15, -0.1) is 23.2 Å². The van der Waals surface area contributed by atoms with Crippen molar-refractivity contribution in [1.29, 1.82) is 0 Å². The largest absolute Gasteiger partial charge is 0.508 e. The predicted molar refractivity (Wildman–Crippen MR) is 128 cm³/mol. The Morgan fingerprint density at radius 3 is 2.57 bits per heavy atom. The lowest BCUT2D eigenvalue weighted by Gasteiger charge is -2.51. The third kappa shape index (κ3) is 2.85. The minimum atomic E-state index is -1.94. The van der Waals surface area contributed by atoms with Gasteiger partial charge in [0.1, 0.15) is 11.5 Å². The third-order valence-electron chi connectivity index (χ3n) is 8.38. The number of allylic oxidation sites excluding steroid dienone is 3. The lowest BCUT2D eigenvalue weighted by molar-refractivity contribution is -0.139. The standard InChI is InChI=1S/C25H21Cl2N3O7/c1-29-21(34)24(26)8-15-13(3-4-14-17(15)20(33)30(19(14)32)23(28)36)18(25(24,27)22(29)35)11-6-10-7-12(31)2-5-16(10)37-9-11/h2-3,5,7,9,14-15,17-18,31H,4,6,8H2,1H3,(H2,28,36)/t14-,15+,17-,18-,24+,25-/m0/s1. The molecular weight excluding hydrogens is 525 g/mol. The molecule has 1 aromatic carbocycles. The second-order valence-corrected chi connectivity index (χ2v) is 11.4. The molecule has 192 valence electrons. The van der Waals surface area contributed by atoms with Gasteiger partial charge in [-0.05, 0) is 42.5 Å². The number of primary amides is 1. The fraction of sp³-hybridized carbons (Fsp3) is 0.400. The first-order valence-electron chi connectivity index (χ1n) is 11.7. The molecule has 2 aliphatic carbocycles. The van der Waals surface area contributed by atoms with Gasteiger partial charge in [0.2, 0.25) is 11.8 Å². The summed E-state index contributed by atoms with van der Waals surface area (Å²) in [5.74, 6) is -5.89. The maximum atomic E-state index is 13.6. The van der Waals surface area contributed by atoms with E-state index in [4.69, 9.17) is 33.7 Å². The van der Waals surface area contributed by atoms with Crippen molar-refractivity contribution in [2.24, 2.45) is 29.4 Å². The molecule has 3 N–H and O–H groups in total. The highest BCUT2D eigenvalue weighted by molar-refractivity contribution is 6.53. The summed E-state index contributed by atoms with van der Waals surface area (Å²) >= 11 is 14.2. The van der Waals surface area contributed by atoms with Gasteiger partial charge in [-0.2, -0.15) is 4.90 Å². The van der Waals surface area contributed by atoms with Crippen molar-refractivity contribution in [3.63, 3.8) is 0 Å². The third-order valence-corrected chi connectivity index (χ3v) is 9.79. The molecule has 0 radical (unpaired) electrons. The number of carbonyl (C=O) groups excluding carboxylic acids is 5. The summed E-state index contributed by atoms with van der Waals surface area (Å²) in [5, 5.41) is 10.0. The van der Waals surface area contributed by atoms with Gasteiger partial charge in [0.05, 0.1) is 18.1 Å². The number of halogens is 2. The molecule has 5 aliphatic rings. The van der Waals surface area contributed by atoms with Crippen LogP contribution in [0.5, 0.6) is 11.5 Å². The molecule has 6 atom stereocenters. The van der Waals surface area contributed by atoms with Crippen LogP contribution in [0.15, 0.2) is 41.7 Å². The number of phenolic OH excluding ortho intramolecular Hbond substituents is 1. The highest BCUT2D eigenvalue weighted by atomic mass is 35.5. The van der Waals surface area contributed by atoms with Crippen molar-refractivity contribution < 1.29 is 33.8 Å². The van der Waals surface area contributed by atoms with Crippen LogP contribution in [0.3, 0.4) is 0 Å². The SMILES string of the molecule is CN1C(=O)[C@]2(Cl)C[C@@H]3C(=CC[C@@H]4C(=O)N(C(N)=O)C(=O)[C@@H]43)[C@H](C3=COc4ccc(O)cc4C3)[C@]2(Cl)C1=O. The number of aromatic hydroxyl groups is 1. The summed E-state index contributed by atoms with van der Waals surface area (Å²) in [7, 11) is 1.30. The minimum absolute atomic E-state index is 0.0191. The summed E-state index contributed by atoms with van der Waals surface area (Å²) in [6.07, 6.45) is 3.36. The number of phenols is 1. The van der Waals surface area contributed by atoms with Crippen molar-refractivity contribution in [3.8, 4) is 11.5 Å². The van der Waals surface area contributed by atoms with E-state index in [1.54, 1.807) is 12.1 Å². The van der Waals surface area contributed by atoms with Gasteiger partial charge in [-0.1, -0.05) is 11.6 Å². The number of amides is 6. The van der Waals surface area contributed by atoms with Crippen LogP contribution in [0.2, 0.25) is 0 Å². The van der Waals surface area contributed by atoms with Gasteiger partial charge >= 0.3 is 6.03 Å². The Labute approximate surface area is 220 Å². The summed E-state index contributed by atoms with van der Waals surface area (Å²) in [5.41, 5.74) is 7.05. The van der Waals surface area contributed by atoms with Gasteiger partial charge in [0.15, 0.2) is 9.75 Å². The van der Waals surface area contributed by atoms with E-state index < -0.39 is 63.1 Å². The number of ether oxygens (including phenoxy) is 1. The quantitative estimate of drug-likeness (QED) is 0.310. The van der Waals surface area contributed by atoms with Crippen LogP contribution in [-0.4, -0.2) is 61.4 Å². The zero-order valence-electron chi connectivity index (χ0n) is 19.4. The highest BCUT2D eigenvalue weighted by Gasteiger charge is 2.76. The fourth-order valence-electron chi connectivity index (χ4n) is 6.77. The number of urea groups is 1. The molecule has 0 bridgehead atoms. The first-order chi connectivity index (χ1) is 17.4. The van der Waals surface area contributed by atoms with Crippen molar-refractivity contribution in [2.75, 3.05) is 7.05 Å². The zero-order valence-corrected chi connectivity index (χ0v) is 21.0. The van der Waals surface area contributed by atoms with Crippen molar-refractivity contribution in [1.82, 2.24) is 9.80 Å². The number of carbonyl (C=O) groups is 5. The van der Waals surface area contributed by atoms with E-state index >= 15 is 0 Å². The van der Waals surface area contributed by atoms with Crippen molar-refractivity contribution in [3.05, 3.63) is 47.2 Å². The first kappa shape index (κ1) is 24.0. The first-order valence-corrected chi connectivity index (χ1v) is 12.4. The average molecular weight is 546 g/mol. The van der Waals surface area contributed by atoms with Crippen molar-refractivity contribution >= 4 is 52.9 Å². The molecule has 6 amide bonds. The number of nitrogens with two attached hydrogens (primary N) is 1. The molecule has 6 rings (SSSR count). The zero-order chi connectivity index (χ0) is 26.6.